The summed E-state index contributed by atoms with van der Waals surface area (Å²) >= 11 is 3.16. The number of nitrogens with two attached hydrogens (primary N) is 1. The molecule has 1 aliphatic carbocycles. The van der Waals surface area contributed by atoms with E-state index in [1.54, 1.807) is 11.8 Å². The van der Waals surface area contributed by atoms with E-state index < -0.39 is 0 Å². The molecule has 33 heavy (non-hydrogen) atoms. The Morgan fingerprint density at radius 2 is 1.82 bits per heavy atom. The van der Waals surface area contributed by atoms with E-state index in [2.05, 4.69) is 28.4 Å². The molecule has 1 saturated carbocycles. The van der Waals surface area contributed by atoms with Crippen LogP contribution in [-0.2, 0) is 16.1 Å². The van der Waals surface area contributed by atoms with Gasteiger partial charge in [-0.25, -0.2) is 0 Å². The van der Waals surface area contributed by atoms with Crippen molar-refractivity contribution in [2.24, 2.45) is 5.73 Å². The third-order valence-electron chi connectivity index (χ3n) is 5.88. The number of hydrogen-bond donors (Lipinski definition) is 1. The van der Waals surface area contributed by atoms with Crippen LogP contribution in [0.1, 0.15) is 42.6 Å². The SMILES string of the molecule is NC(=O)CCn1c(SCC(=O)N2c3ccccc3SCC2c2ccccc2)nnc1C1CC1. The van der Waals surface area contributed by atoms with Crippen molar-refractivity contribution in [1.82, 2.24) is 14.8 Å². The van der Waals surface area contributed by atoms with Gasteiger partial charge >= 0.3 is 0 Å². The van der Waals surface area contributed by atoms with E-state index in [1.807, 2.05) is 45.9 Å². The summed E-state index contributed by atoms with van der Waals surface area (Å²) in [5.74, 6) is 2.00. The zero-order valence-electron chi connectivity index (χ0n) is 18.1. The molecular weight excluding hydrogens is 454 g/mol. The first-order valence-electron chi connectivity index (χ1n) is 11.0. The van der Waals surface area contributed by atoms with Crippen LogP contribution < -0.4 is 10.6 Å². The van der Waals surface area contributed by atoms with Crippen LogP contribution in [0.25, 0.3) is 0 Å². The molecule has 2 N–H and O–H groups in total. The maximum Gasteiger partial charge on any atom is 0.238 e. The van der Waals surface area contributed by atoms with Gasteiger partial charge in [0.05, 0.1) is 17.5 Å². The summed E-state index contributed by atoms with van der Waals surface area (Å²) in [6.07, 6.45) is 2.39. The lowest BCUT2D eigenvalue weighted by Gasteiger charge is -2.37. The lowest BCUT2D eigenvalue weighted by Crippen LogP contribution is -2.39. The number of aromatic nitrogens is 3. The van der Waals surface area contributed by atoms with Crippen LogP contribution in [0, 0.1) is 0 Å². The largest absolute Gasteiger partial charge is 0.370 e. The predicted molar refractivity (Wildman–Crippen MR) is 130 cm³/mol. The van der Waals surface area contributed by atoms with Gasteiger partial charge in [-0.05, 0) is 30.5 Å². The Labute approximate surface area is 201 Å². The number of rotatable bonds is 8. The Balaban J connectivity index is 1.38. The van der Waals surface area contributed by atoms with E-state index in [9.17, 15) is 9.59 Å². The fourth-order valence-electron chi connectivity index (χ4n) is 4.10. The van der Waals surface area contributed by atoms with E-state index in [0.717, 1.165) is 40.6 Å². The van der Waals surface area contributed by atoms with E-state index in [0.29, 0.717) is 17.6 Å². The predicted octanol–water partition coefficient (Wildman–Crippen LogP) is 4.00. The molecule has 1 atom stereocenters. The van der Waals surface area contributed by atoms with Crippen molar-refractivity contribution in [2.75, 3.05) is 16.4 Å². The summed E-state index contributed by atoms with van der Waals surface area (Å²) in [7, 11) is 0. The molecular formula is C24H25N5O2S2. The maximum absolute atomic E-state index is 13.6. The lowest BCUT2D eigenvalue weighted by atomic mass is 10.1. The van der Waals surface area contributed by atoms with Gasteiger partial charge in [0.1, 0.15) is 5.82 Å². The van der Waals surface area contributed by atoms with Gasteiger partial charge in [0.15, 0.2) is 5.16 Å². The number of primary amides is 1. The Morgan fingerprint density at radius 1 is 1.06 bits per heavy atom. The summed E-state index contributed by atoms with van der Waals surface area (Å²) in [6.45, 7) is 0.445. The molecule has 5 rings (SSSR count). The highest BCUT2D eigenvalue weighted by Crippen LogP contribution is 2.44. The van der Waals surface area contributed by atoms with Crippen LogP contribution in [-0.4, -0.2) is 38.1 Å². The molecule has 0 saturated heterocycles. The van der Waals surface area contributed by atoms with Crippen molar-refractivity contribution in [3.05, 3.63) is 66.0 Å². The number of para-hydroxylation sites is 1. The summed E-state index contributed by atoms with van der Waals surface area (Å²) in [5.41, 5.74) is 7.44. The van der Waals surface area contributed by atoms with Gasteiger partial charge in [-0.2, -0.15) is 0 Å². The maximum atomic E-state index is 13.6. The Kier molecular flexibility index (Phi) is 6.41. The molecule has 1 unspecified atom stereocenters. The summed E-state index contributed by atoms with van der Waals surface area (Å²) in [5, 5.41) is 9.37. The quantitative estimate of drug-likeness (QED) is 0.491. The number of hydrogen-bond acceptors (Lipinski definition) is 6. The summed E-state index contributed by atoms with van der Waals surface area (Å²) in [4.78, 5) is 28.0. The highest BCUT2D eigenvalue weighted by atomic mass is 32.2. The molecule has 2 aromatic carbocycles. The lowest BCUT2D eigenvalue weighted by molar-refractivity contribution is -0.118. The molecule has 9 heteroatoms. The molecule has 0 spiro atoms. The minimum atomic E-state index is -0.356. The second kappa shape index (κ2) is 9.61. The van der Waals surface area contributed by atoms with Crippen LogP contribution in [0.5, 0.6) is 0 Å². The van der Waals surface area contributed by atoms with Crippen LogP contribution in [0.4, 0.5) is 5.69 Å². The molecule has 7 nitrogen and oxygen atoms in total. The van der Waals surface area contributed by atoms with Gasteiger partial charge in [0, 0.05) is 29.5 Å². The summed E-state index contributed by atoms with van der Waals surface area (Å²) in [6, 6.07) is 18.2. The van der Waals surface area contributed by atoms with E-state index in [-0.39, 0.29) is 30.0 Å². The highest BCUT2D eigenvalue weighted by molar-refractivity contribution is 8.00. The zero-order chi connectivity index (χ0) is 22.8. The van der Waals surface area contributed by atoms with Gasteiger partial charge in [-0.3, -0.25) is 9.59 Å². The second-order valence-electron chi connectivity index (χ2n) is 8.24. The number of carbonyl (C=O) groups excluding carboxylic acids is 2. The Bertz CT molecular complexity index is 1160. The van der Waals surface area contributed by atoms with Crippen molar-refractivity contribution >= 4 is 41.0 Å². The third-order valence-corrected chi connectivity index (χ3v) is 7.97. The second-order valence-corrected chi connectivity index (χ2v) is 10.2. The van der Waals surface area contributed by atoms with E-state index in [4.69, 9.17) is 5.73 Å². The van der Waals surface area contributed by atoms with Crippen molar-refractivity contribution < 1.29 is 9.59 Å². The number of carbonyl (C=O) groups is 2. The monoisotopic (exact) mass is 479 g/mol. The van der Waals surface area contributed by atoms with Crippen LogP contribution in [0.2, 0.25) is 0 Å². The minimum Gasteiger partial charge on any atom is -0.370 e. The molecule has 1 aliphatic heterocycles. The van der Waals surface area contributed by atoms with Crippen LogP contribution in [0.15, 0.2) is 64.6 Å². The smallest absolute Gasteiger partial charge is 0.238 e. The first kappa shape index (κ1) is 22.0. The van der Waals surface area contributed by atoms with E-state index >= 15 is 0 Å². The first-order chi connectivity index (χ1) is 16.1. The van der Waals surface area contributed by atoms with E-state index in [1.165, 1.54) is 11.8 Å². The zero-order valence-corrected chi connectivity index (χ0v) is 19.7. The molecule has 170 valence electrons. The normalized spacial score (nSPS) is 17.6. The Hall–Kier alpha value is -2.78. The van der Waals surface area contributed by atoms with Gasteiger partial charge in [0.2, 0.25) is 11.8 Å². The fourth-order valence-corrected chi connectivity index (χ4v) is 6.10. The molecule has 0 radical (unpaired) electrons. The average Bonchev–Trinajstić information content (AvgIpc) is 3.61. The topological polar surface area (TPSA) is 94.1 Å². The number of benzene rings is 2. The van der Waals surface area contributed by atoms with Gasteiger partial charge < -0.3 is 15.2 Å². The van der Waals surface area contributed by atoms with Gasteiger partial charge in [0.25, 0.3) is 0 Å². The first-order valence-corrected chi connectivity index (χ1v) is 13.0. The minimum absolute atomic E-state index is 0.0269. The highest BCUT2D eigenvalue weighted by Gasteiger charge is 2.34. The van der Waals surface area contributed by atoms with Gasteiger partial charge in [-0.15, -0.1) is 22.0 Å². The average molecular weight is 480 g/mol. The number of thioether (sulfide) groups is 2. The van der Waals surface area contributed by atoms with Crippen molar-refractivity contribution in [3.8, 4) is 0 Å². The third kappa shape index (κ3) is 4.79. The molecule has 2 aliphatic rings. The molecule has 1 fully saturated rings. The van der Waals surface area contributed by atoms with Crippen molar-refractivity contribution in [3.63, 3.8) is 0 Å². The number of anilines is 1. The van der Waals surface area contributed by atoms with Crippen molar-refractivity contribution in [2.45, 2.75) is 47.8 Å². The van der Waals surface area contributed by atoms with Crippen LogP contribution in [0.3, 0.4) is 0 Å². The number of nitrogens with zero attached hydrogens (tertiary/aromatic N) is 4. The summed E-state index contributed by atoms with van der Waals surface area (Å²) < 4.78 is 1.97. The number of fused-ring (bicyclic) bond motifs is 1. The fraction of sp³-hybridized carbons (Fsp3) is 0.333. The molecule has 2 heterocycles. The molecule has 3 aromatic rings. The standard InChI is InChI=1S/C24H25N5O2S2/c25-21(30)12-13-28-23(17-10-11-17)26-27-24(28)33-15-22(31)29-18-8-4-5-9-20(18)32-14-19(29)16-6-2-1-3-7-16/h1-9,17,19H,10-15H2,(H2,25,30). The number of amides is 2. The van der Waals surface area contributed by atoms with Gasteiger partial charge in [-0.1, -0.05) is 54.2 Å². The molecule has 1 aromatic heterocycles. The Morgan fingerprint density at radius 3 is 2.58 bits per heavy atom. The van der Waals surface area contributed by atoms with Crippen molar-refractivity contribution in [1.29, 1.82) is 0 Å². The van der Waals surface area contributed by atoms with Crippen LogP contribution >= 0.6 is 23.5 Å². The molecule has 2 amide bonds. The molecule has 0 bridgehead atoms.